The van der Waals surface area contributed by atoms with Gasteiger partial charge in [-0.2, -0.15) is 5.10 Å². The number of carbonyl (C=O) groups is 1. The molecule has 1 heterocycles. The fourth-order valence-corrected chi connectivity index (χ4v) is 2.69. The van der Waals surface area contributed by atoms with Crippen LogP contribution in [0, 0.1) is 0 Å². The molecule has 8 heteroatoms. The molecule has 1 atom stereocenters. The molecule has 1 aromatic carbocycles. The van der Waals surface area contributed by atoms with E-state index in [2.05, 4.69) is 15.1 Å². The fourth-order valence-electron chi connectivity index (χ4n) is 2.22. The number of hydrogen-bond donors (Lipinski definition) is 2. The van der Waals surface area contributed by atoms with Gasteiger partial charge in [0.15, 0.2) is 0 Å². The minimum Gasteiger partial charge on any atom is -0.349 e. The van der Waals surface area contributed by atoms with Gasteiger partial charge in [0.05, 0.1) is 18.0 Å². The molecule has 124 valence electrons. The Kier molecular flexibility index (Phi) is 5.51. The molecule has 0 radical (unpaired) electrons. The van der Waals surface area contributed by atoms with Crippen LogP contribution in [0.1, 0.15) is 24.9 Å². The van der Waals surface area contributed by atoms with Crippen LogP contribution < -0.4 is 10.0 Å². The van der Waals surface area contributed by atoms with Gasteiger partial charge in [-0.15, -0.1) is 0 Å². The molecule has 2 rings (SSSR count). The third-order valence-corrected chi connectivity index (χ3v) is 3.98. The number of benzene rings is 1. The van der Waals surface area contributed by atoms with Crippen molar-refractivity contribution in [1.29, 1.82) is 0 Å². The normalized spacial score (nSPS) is 12.8. The van der Waals surface area contributed by atoms with Gasteiger partial charge in [0.2, 0.25) is 15.9 Å². The van der Waals surface area contributed by atoms with Crippen molar-refractivity contribution in [2.75, 3.05) is 12.8 Å². The van der Waals surface area contributed by atoms with Crippen LogP contribution in [-0.2, 0) is 14.8 Å². The monoisotopic (exact) mass is 336 g/mol. The van der Waals surface area contributed by atoms with Crippen molar-refractivity contribution >= 4 is 15.9 Å². The molecule has 1 amide bonds. The standard InChI is InChI=1S/C15H20N4O3S/c1-12(18-15(20)8-10-17-23(2,21)22)13-6-3-4-7-14(13)19-11-5-9-16-19/h3-7,9,11-12,17H,8,10H2,1-2H3,(H,18,20). The van der Waals surface area contributed by atoms with E-state index in [0.717, 1.165) is 17.5 Å². The van der Waals surface area contributed by atoms with Crippen molar-refractivity contribution in [2.45, 2.75) is 19.4 Å². The summed E-state index contributed by atoms with van der Waals surface area (Å²) >= 11 is 0. The molecular formula is C15H20N4O3S. The van der Waals surface area contributed by atoms with Crippen molar-refractivity contribution in [3.05, 3.63) is 48.3 Å². The van der Waals surface area contributed by atoms with Crippen LogP contribution in [0.5, 0.6) is 0 Å². The highest BCUT2D eigenvalue weighted by Crippen LogP contribution is 2.20. The molecule has 0 saturated heterocycles. The fraction of sp³-hybridized carbons (Fsp3) is 0.333. The summed E-state index contributed by atoms with van der Waals surface area (Å²) in [5.74, 6) is -0.219. The van der Waals surface area contributed by atoms with E-state index in [1.807, 2.05) is 43.5 Å². The van der Waals surface area contributed by atoms with E-state index in [-0.39, 0.29) is 24.9 Å². The minimum absolute atomic E-state index is 0.0815. The second kappa shape index (κ2) is 7.38. The van der Waals surface area contributed by atoms with Crippen molar-refractivity contribution in [3.8, 4) is 5.69 Å². The van der Waals surface area contributed by atoms with Gasteiger partial charge in [-0.25, -0.2) is 17.8 Å². The first-order valence-electron chi connectivity index (χ1n) is 7.20. The van der Waals surface area contributed by atoms with Crippen LogP contribution in [0.3, 0.4) is 0 Å². The topological polar surface area (TPSA) is 93.1 Å². The van der Waals surface area contributed by atoms with Crippen LogP contribution in [0.2, 0.25) is 0 Å². The molecule has 0 spiro atoms. The molecule has 1 unspecified atom stereocenters. The Morgan fingerprint density at radius 1 is 1.30 bits per heavy atom. The number of aromatic nitrogens is 2. The summed E-state index contributed by atoms with van der Waals surface area (Å²) in [6, 6.07) is 9.27. The van der Waals surface area contributed by atoms with Crippen LogP contribution in [0.25, 0.3) is 5.69 Å². The molecule has 0 aliphatic heterocycles. The molecule has 0 saturated carbocycles. The maximum atomic E-state index is 11.9. The summed E-state index contributed by atoms with van der Waals surface area (Å²) in [5.41, 5.74) is 1.82. The Morgan fingerprint density at radius 2 is 2.04 bits per heavy atom. The van der Waals surface area contributed by atoms with Gasteiger partial charge in [0.25, 0.3) is 0 Å². The van der Waals surface area contributed by atoms with E-state index in [9.17, 15) is 13.2 Å². The molecule has 0 aliphatic rings. The lowest BCUT2D eigenvalue weighted by atomic mass is 10.1. The number of amides is 1. The number of nitrogens with one attached hydrogen (secondary N) is 2. The number of sulfonamides is 1. The average Bonchev–Trinajstić information content (AvgIpc) is 2.99. The summed E-state index contributed by atoms with van der Waals surface area (Å²) in [4.78, 5) is 11.9. The summed E-state index contributed by atoms with van der Waals surface area (Å²) in [6.07, 6.45) is 4.68. The highest BCUT2D eigenvalue weighted by Gasteiger charge is 2.14. The first-order chi connectivity index (χ1) is 10.9. The van der Waals surface area contributed by atoms with Crippen LogP contribution in [0.4, 0.5) is 0 Å². The first-order valence-corrected chi connectivity index (χ1v) is 9.09. The maximum Gasteiger partial charge on any atom is 0.221 e. The lowest BCUT2D eigenvalue weighted by molar-refractivity contribution is -0.121. The number of para-hydroxylation sites is 1. The second-order valence-electron chi connectivity index (χ2n) is 5.22. The second-order valence-corrected chi connectivity index (χ2v) is 7.05. The van der Waals surface area contributed by atoms with Crippen LogP contribution in [-0.4, -0.2) is 36.9 Å². The van der Waals surface area contributed by atoms with Crippen LogP contribution >= 0.6 is 0 Å². The molecule has 7 nitrogen and oxygen atoms in total. The predicted molar refractivity (Wildman–Crippen MR) is 87.6 cm³/mol. The SMILES string of the molecule is CC(NC(=O)CCNS(C)(=O)=O)c1ccccc1-n1cccn1. The van der Waals surface area contributed by atoms with Crippen LogP contribution in [0.15, 0.2) is 42.7 Å². The molecule has 2 aromatic rings. The lowest BCUT2D eigenvalue weighted by Crippen LogP contribution is -2.32. The van der Waals surface area contributed by atoms with Crippen molar-refractivity contribution in [2.24, 2.45) is 0 Å². The van der Waals surface area contributed by atoms with Gasteiger partial charge in [-0.1, -0.05) is 18.2 Å². The Hall–Kier alpha value is -2.19. The van der Waals surface area contributed by atoms with Gasteiger partial charge >= 0.3 is 0 Å². The number of hydrogen-bond acceptors (Lipinski definition) is 4. The predicted octanol–water partition coefficient (Wildman–Crippen LogP) is 0.989. The Balaban J connectivity index is 2.01. The van der Waals surface area contributed by atoms with E-state index >= 15 is 0 Å². The summed E-state index contributed by atoms with van der Waals surface area (Å²) in [7, 11) is -3.28. The van der Waals surface area contributed by atoms with Gasteiger partial charge in [-0.05, 0) is 24.6 Å². The Morgan fingerprint density at radius 3 is 2.70 bits per heavy atom. The Bertz CT molecular complexity index is 757. The molecule has 0 bridgehead atoms. The van der Waals surface area contributed by atoms with E-state index in [1.54, 1.807) is 10.9 Å². The average molecular weight is 336 g/mol. The zero-order chi connectivity index (χ0) is 16.9. The minimum atomic E-state index is -3.28. The highest BCUT2D eigenvalue weighted by atomic mass is 32.2. The third kappa shape index (κ3) is 5.19. The lowest BCUT2D eigenvalue weighted by Gasteiger charge is -2.18. The Labute approximate surface area is 135 Å². The third-order valence-electron chi connectivity index (χ3n) is 3.25. The smallest absolute Gasteiger partial charge is 0.221 e. The molecule has 0 aliphatic carbocycles. The number of rotatable bonds is 7. The maximum absolute atomic E-state index is 11.9. The quantitative estimate of drug-likeness (QED) is 0.788. The molecule has 2 N–H and O–H groups in total. The van der Waals surface area contributed by atoms with Crippen molar-refractivity contribution in [1.82, 2.24) is 19.8 Å². The van der Waals surface area contributed by atoms with Crippen molar-refractivity contribution < 1.29 is 13.2 Å². The molecule has 23 heavy (non-hydrogen) atoms. The van der Waals surface area contributed by atoms with Gasteiger partial charge in [0, 0.05) is 25.4 Å². The van der Waals surface area contributed by atoms with Gasteiger partial charge in [-0.3, -0.25) is 4.79 Å². The largest absolute Gasteiger partial charge is 0.349 e. The molecule has 0 fully saturated rings. The van der Waals surface area contributed by atoms with Gasteiger partial charge < -0.3 is 5.32 Å². The number of nitrogens with zero attached hydrogens (tertiary/aromatic N) is 2. The zero-order valence-electron chi connectivity index (χ0n) is 13.1. The highest BCUT2D eigenvalue weighted by molar-refractivity contribution is 7.88. The van der Waals surface area contributed by atoms with E-state index in [4.69, 9.17) is 0 Å². The summed E-state index contributed by atoms with van der Waals surface area (Å²) in [5, 5.41) is 7.08. The molecular weight excluding hydrogens is 316 g/mol. The van der Waals surface area contributed by atoms with E-state index < -0.39 is 10.0 Å². The summed E-state index contributed by atoms with van der Waals surface area (Å²) < 4.78 is 26.0. The van der Waals surface area contributed by atoms with Crippen molar-refractivity contribution in [3.63, 3.8) is 0 Å². The first kappa shape index (κ1) is 17.2. The van der Waals surface area contributed by atoms with E-state index in [1.165, 1.54) is 0 Å². The molecule has 1 aromatic heterocycles. The van der Waals surface area contributed by atoms with E-state index in [0.29, 0.717) is 0 Å². The summed E-state index contributed by atoms with van der Waals surface area (Å²) in [6.45, 7) is 1.96. The van der Waals surface area contributed by atoms with Gasteiger partial charge in [0.1, 0.15) is 0 Å². The zero-order valence-corrected chi connectivity index (χ0v) is 13.9. The number of carbonyl (C=O) groups excluding carboxylic acids is 1.